The van der Waals surface area contributed by atoms with Gasteiger partial charge in [0.1, 0.15) is 0 Å². The van der Waals surface area contributed by atoms with Crippen LogP contribution in [0.5, 0.6) is 0 Å². The average molecular weight is 272 g/mol. The SMILES string of the molecule is CC1CCCC(C)N1NC(=O)Nc1ccc(C#N)cc1. The number of amides is 2. The molecule has 0 aromatic heterocycles. The van der Waals surface area contributed by atoms with Crippen LogP contribution in [0.4, 0.5) is 10.5 Å². The average Bonchev–Trinajstić information content (AvgIpc) is 2.44. The molecule has 2 unspecified atom stereocenters. The van der Waals surface area contributed by atoms with Crippen molar-refractivity contribution in [3.05, 3.63) is 29.8 Å². The molecule has 2 N–H and O–H groups in total. The second-order valence-electron chi connectivity index (χ2n) is 5.29. The molecule has 20 heavy (non-hydrogen) atoms. The van der Waals surface area contributed by atoms with Crippen LogP contribution in [0, 0.1) is 11.3 Å². The van der Waals surface area contributed by atoms with Crippen LogP contribution in [0.1, 0.15) is 38.7 Å². The fourth-order valence-corrected chi connectivity index (χ4v) is 2.55. The monoisotopic (exact) mass is 272 g/mol. The van der Waals surface area contributed by atoms with Crippen LogP contribution >= 0.6 is 0 Å². The lowest BCUT2D eigenvalue weighted by Crippen LogP contribution is -2.55. The van der Waals surface area contributed by atoms with Crippen molar-refractivity contribution in [3.8, 4) is 6.07 Å². The van der Waals surface area contributed by atoms with E-state index in [0.29, 0.717) is 23.3 Å². The molecule has 1 aliphatic heterocycles. The van der Waals surface area contributed by atoms with E-state index in [4.69, 9.17) is 5.26 Å². The van der Waals surface area contributed by atoms with Gasteiger partial charge in [-0.2, -0.15) is 5.26 Å². The molecule has 106 valence electrons. The van der Waals surface area contributed by atoms with Crippen molar-refractivity contribution >= 4 is 11.7 Å². The molecule has 0 saturated carbocycles. The van der Waals surface area contributed by atoms with Crippen molar-refractivity contribution in [1.82, 2.24) is 10.4 Å². The molecule has 0 radical (unpaired) electrons. The lowest BCUT2D eigenvalue weighted by atomic mass is 10.00. The Hall–Kier alpha value is -2.06. The summed E-state index contributed by atoms with van der Waals surface area (Å²) in [7, 11) is 0. The largest absolute Gasteiger partial charge is 0.333 e. The van der Waals surface area contributed by atoms with E-state index in [1.807, 2.05) is 11.1 Å². The molecule has 0 aliphatic carbocycles. The molecule has 1 fully saturated rings. The van der Waals surface area contributed by atoms with E-state index in [0.717, 1.165) is 12.8 Å². The van der Waals surface area contributed by atoms with Crippen LogP contribution in [-0.4, -0.2) is 23.1 Å². The zero-order valence-electron chi connectivity index (χ0n) is 11.9. The third-order valence-electron chi connectivity index (χ3n) is 3.70. The number of hydrazine groups is 1. The molecule has 1 heterocycles. The van der Waals surface area contributed by atoms with Gasteiger partial charge in [-0.15, -0.1) is 0 Å². The molecule has 0 spiro atoms. The molecule has 1 aliphatic rings. The van der Waals surface area contributed by atoms with Crippen LogP contribution < -0.4 is 10.7 Å². The van der Waals surface area contributed by atoms with Crippen molar-refractivity contribution in [2.24, 2.45) is 0 Å². The van der Waals surface area contributed by atoms with E-state index in [9.17, 15) is 4.79 Å². The Balaban J connectivity index is 1.92. The molecule has 0 bridgehead atoms. The second kappa shape index (κ2) is 6.40. The Bertz CT molecular complexity index is 496. The Labute approximate surface area is 119 Å². The summed E-state index contributed by atoms with van der Waals surface area (Å²) in [6, 6.07) is 9.32. The number of urea groups is 1. The van der Waals surface area contributed by atoms with Gasteiger partial charge in [0, 0.05) is 17.8 Å². The number of benzene rings is 1. The number of nitrogens with one attached hydrogen (secondary N) is 2. The summed E-state index contributed by atoms with van der Waals surface area (Å²) in [6.07, 6.45) is 3.40. The van der Waals surface area contributed by atoms with Crippen LogP contribution in [0.2, 0.25) is 0 Å². The topological polar surface area (TPSA) is 68.2 Å². The highest BCUT2D eigenvalue weighted by Gasteiger charge is 2.25. The quantitative estimate of drug-likeness (QED) is 0.869. The highest BCUT2D eigenvalue weighted by molar-refractivity contribution is 5.88. The predicted octanol–water partition coefficient (Wildman–Crippen LogP) is 2.86. The lowest BCUT2D eigenvalue weighted by molar-refractivity contribution is 0.0625. The second-order valence-corrected chi connectivity index (χ2v) is 5.29. The number of nitriles is 1. The number of hydrogen-bond acceptors (Lipinski definition) is 3. The summed E-state index contributed by atoms with van der Waals surface area (Å²) in [5.41, 5.74) is 4.17. The van der Waals surface area contributed by atoms with Gasteiger partial charge >= 0.3 is 6.03 Å². The molecule has 5 nitrogen and oxygen atoms in total. The molecule has 2 atom stereocenters. The first-order valence-corrected chi connectivity index (χ1v) is 6.96. The van der Waals surface area contributed by atoms with Gasteiger partial charge in [-0.05, 0) is 51.0 Å². The van der Waals surface area contributed by atoms with Crippen LogP contribution in [0.3, 0.4) is 0 Å². The molecule has 1 saturated heterocycles. The summed E-state index contributed by atoms with van der Waals surface area (Å²) in [6.45, 7) is 4.25. The third-order valence-corrected chi connectivity index (χ3v) is 3.70. The minimum absolute atomic E-state index is 0.240. The molecule has 1 aromatic rings. The molecule has 1 aromatic carbocycles. The minimum atomic E-state index is -0.240. The highest BCUT2D eigenvalue weighted by atomic mass is 16.2. The molecule has 2 rings (SSSR count). The third kappa shape index (κ3) is 3.49. The summed E-state index contributed by atoms with van der Waals surface area (Å²) >= 11 is 0. The number of carbonyl (C=O) groups excluding carboxylic acids is 1. The molecule has 2 amide bonds. The first kappa shape index (κ1) is 14.4. The number of anilines is 1. The van der Waals surface area contributed by atoms with Gasteiger partial charge in [0.25, 0.3) is 0 Å². The summed E-state index contributed by atoms with van der Waals surface area (Å²) in [4.78, 5) is 12.0. The van der Waals surface area contributed by atoms with E-state index >= 15 is 0 Å². The molecular weight excluding hydrogens is 252 g/mol. The number of rotatable bonds is 2. The zero-order valence-corrected chi connectivity index (χ0v) is 11.9. The first-order valence-electron chi connectivity index (χ1n) is 6.96. The van der Waals surface area contributed by atoms with Crippen LogP contribution in [-0.2, 0) is 0 Å². The number of carbonyl (C=O) groups is 1. The highest BCUT2D eigenvalue weighted by Crippen LogP contribution is 2.20. The van der Waals surface area contributed by atoms with Crippen molar-refractivity contribution < 1.29 is 4.79 Å². The van der Waals surface area contributed by atoms with Gasteiger partial charge in [0.15, 0.2) is 0 Å². The number of nitrogens with zero attached hydrogens (tertiary/aromatic N) is 2. The normalized spacial score (nSPS) is 22.9. The lowest BCUT2D eigenvalue weighted by Gasteiger charge is -2.38. The van der Waals surface area contributed by atoms with E-state index in [-0.39, 0.29) is 6.03 Å². The van der Waals surface area contributed by atoms with Crippen molar-refractivity contribution in [2.75, 3.05) is 5.32 Å². The van der Waals surface area contributed by atoms with Crippen LogP contribution in [0.15, 0.2) is 24.3 Å². The Morgan fingerprint density at radius 3 is 2.40 bits per heavy atom. The smallest absolute Gasteiger partial charge is 0.307 e. The van der Waals surface area contributed by atoms with E-state index < -0.39 is 0 Å². The zero-order chi connectivity index (χ0) is 14.5. The Morgan fingerprint density at radius 2 is 1.85 bits per heavy atom. The summed E-state index contributed by atoms with van der Waals surface area (Å²) in [5.74, 6) is 0. The number of hydrogen-bond donors (Lipinski definition) is 2. The fraction of sp³-hybridized carbons (Fsp3) is 0.467. The standard InChI is InChI=1S/C15H20N4O/c1-11-4-3-5-12(2)19(11)18-15(20)17-14-8-6-13(10-16)7-9-14/h6-9,11-12H,3-5H2,1-2H3,(H2,17,18,20). The number of piperidine rings is 1. The maximum Gasteiger partial charge on any atom is 0.333 e. The van der Waals surface area contributed by atoms with E-state index in [1.165, 1.54) is 6.42 Å². The van der Waals surface area contributed by atoms with Gasteiger partial charge < -0.3 is 5.32 Å². The van der Waals surface area contributed by atoms with Gasteiger partial charge in [0.05, 0.1) is 11.6 Å². The molecular formula is C15H20N4O. The maximum absolute atomic E-state index is 12.0. The van der Waals surface area contributed by atoms with E-state index in [2.05, 4.69) is 24.6 Å². The molecule has 5 heteroatoms. The summed E-state index contributed by atoms with van der Waals surface area (Å²) < 4.78 is 0. The Morgan fingerprint density at radius 1 is 1.25 bits per heavy atom. The van der Waals surface area contributed by atoms with Crippen molar-refractivity contribution in [1.29, 1.82) is 5.26 Å². The first-order chi connectivity index (χ1) is 9.60. The minimum Gasteiger partial charge on any atom is -0.307 e. The van der Waals surface area contributed by atoms with Gasteiger partial charge in [-0.25, -0.2) is 9.80 Å². The Kier molecular flexibility index (Phi) is 4.59. The van der Waals surface area contributed by atoms with Crippen molar-refractivity contribution in [2.45, 2.75) is 45.2 Å². The predicted molar refractivity (Wildman–Crippen MR) is 77.9 cm³/mol. The van der Waals surface area contributed by atoms with Gasteiger partial charge in [-0.3, -0.25) is 5.43 Å². The van der Waals surface area contributed by atoms with Crippen LogP contribution in [0.25, 0.3) is 0 Å². The van der Waals surface area contributed by atoms with Gasteiger partial charge in [-0.1, -0.05) is 6.42 Å². The van der Waals surface area contributed by atoms with E-state index in [1.54, 1.807) is 24.3 Å². The maximum atomic E-state index is 12.0. The van der Waals surface area contributed by atoms with Crippen molar-refractivity contribution in [3.63, 3.8) is 0 Å². The van der Waals surface area contributed by atoms with Gasteiger partial charge in [0.2, 0.25) is 0 Å². The fourth-order valence-electron chi connectivity index (χ4n) is 2.55. The summed E-state index contributed by atoms with van der Waals surface area (Å²) in [5, 5.41) is 13.5.